The summed E-state index contributed by atoms with van der Waals surface area (Å²) in [5, 5.41) is 16.6. The first-order valence-corrected chi connectivity index (χ1v) is 7.50. The van der Waals surface area contributed by atoms with E-state index in [1.807, 2.05) is 17.6 Å². The Balaban J connectivity index is 1.70. The van der Waals surface area contributed by atoms with Gasteiger partial charge in [0.05, 0.1) is 0 Å². The van der Waals surface area contributed by atoms with Crippen molar-refractivity contribution >= 4 is 11.5 Å². The van der Waals surface area contributed by atoms with Gasteiger partial charge in [0, 0.05) is 25.0 Å². The summed E-state index contributed by atoms with van der Waals surface area (Å²) >= 11 is 0. The molecule has 0 radical (unpaired) electrons. The average molecular weight is 272 g/mol. The Bertz CT molecular complexity index is 617. The number of hydrogen-bond donors (Lipinski definition) is 1. The zero-order valence-corrected chi connectivity index (χ0v) is 11.8. The van der Waals surface area contributed by atoms with Gasteiger partial charge >= 0.3 is 0 Å². The second-order valence-electron chi connectivity index (χ2n) is 5.84. The molecule has 2 fully saturated rings. The van der Waals surface area contributed by atoms with Crippen LogP contribution in [0, 0.1) is 0 Å². The van der Waals surface area contributed by atoms with E-state index in [4.69, 9.17) is 5.10 Å². The van der Waals surface area contributed by atoms with Gasteiger partial charge in [-0.2, -0.15) is 4.52 Å². The second-order valence-corrected chi connectivity index (χ2v) is 5.84. The second kappa shape index (κ2) is 4.70. The first-order chi connectivity index (χ1) is 9.86. The predicted molar refractivity (Wildman–Crippen MR) is 77.1 cm³/mol. The number of aromatic nitrogens is 4. The first kappa shape index (κ1) is 12.1. The molecular weight excluding hydrogens is 252 g/mol. The lowest BCUT2D eigenvalue weighted by atomic mass is 10.2. The first-order valence-electron chi connectivity index (χ1n) is 7.50. The van der Waals surface area contributed by atoms with Crippen LogP contribution < -0.4 is 10.2 Å². The molecular formula is C14H20N6. The van der Waals surface area contributed by atoms with Gasteiger partial charge in [-0.15, -0.1) is 15.3 Å². The number of hydrogen-bond acceptors (Lipinski definition) is 5. The lowest BCUT2D eigenvalue weighted by Crippen LogP contribution is -2.37. The molecule has 1 aliphatic carbocycles. The van der Waals surface area contributed by atoms with Crippen LogP contribution in [0.15, 0.2) is 12.1 Å². The summed E-state index contributed by atoms with van der Waals surface area (Å²) in [6.45, 7) is 2.10. The molecule has 2 aromatic heterocycles. The summed E-state index contributed by atoms with van der Waals surface area (Å²) in [7, 11) is 2.01. The van der Waals surface area contributed by atoms with Crippen LogP contribution >= 0.6 is 0 Å². The molecule has 0 spiro atoms. The van der Waals surface area contributed by atoms with Crippen molar-refractivity contribution in [2.45, 2.75) is 37.6 Å². The number of rotatable bonds is 4. The molecule has 4 rings (SSSR count). The van der Waals surface area contributed by atoms with Crippen LogP contribution in [0.5, 0.6) is 0 Å². The Hall–Kier alpha value is -1.69. The minimum absolute atomic E-state index is 0.547. The third-order valence-electron chi connectivity index (χ3n) is 4.33. The van der Waals surface area contributed by atoms with Crippen LogP contribution in [0.4, 0.5) is 5.82 Å². The maximum Gasteiger partial charge on any atom is 0.178 e. The lowest BCUT2D eigenvalue weighted by Gasteiger charge is -2.25. The summed E-state index contributed by atoms with van der Waals surface area (Å²) in [5.74, 6) is 2.66. The SMILES string of the molecule is CNCC1CCCN1c1ccc2nnc(C3CC3)n2n1. The van der Waals surface area contributed by atoms with Crippen molar-refractivity contribution in [2.24, 2.45) is 0 Å². The fraction of sp³-hybridized carbons (Fsp3) is 0.643. The van der Waals surface area contributed by atoms with Crippen LogP contribution in [-0.4, -0.2) is 46.0 Å². The Morgan fingerprint density at radius 2 is 2.15 bits per heavy atom. The molecule has 106 valence electrons. The molecule has 1 aliphatic heterocycles. The highest BCUT2D eigenvalue weighted by molar-refractivity contribution is 5.47. The third-order valence-corrected chi connectivity index (χ3v) is 4.33. The van der Waals surface area contributed by atoms with Gasteiger partial charge in [-0.3, -0.25) is 0 Å². The van der Waals surface area contributed by atoms with Gasteiger partial charge in [0.2, 0.25) is 0 Å². The summed E-state index contributed by atoms with van der Waals surface area (Å²) in [5.41, 5.74) is 0.861. The maximum atomic E-state index is 4.80. The molecule has 0 bridgehead atoms. The molecule has 20 heavy (non-hydrogen) atoms. The number of anilines is 1. The molecule has 1 saturated carbocycles. The largest absolute Gasteiger partial charge is 0.351 e. The van der Waals surface area contributed by atoms with E-state index < -0.39 is 0 Å². The summed E-state index contributed by atoms with van der Waals surface area (Å²) in [6, 6.07) is 4.66. The minimum Gasteiger partial charge on any atom is -0.351 e. The van der Waals surface area contributed by atoms with E-state index in [-0.39, 0.29) is 0 Å². The van der Waals surface area contributed by atoms with Crippen molar-refractivity contribution < 1.29 is 0 Å². The Morgan fingerprint density at radius 3 is 2.95 bits per heavy atom. The van der Waals surface area contributed by atoms with Crippen molar-refractivity contribution in [3.8, 4) is 0 Å². The molecule has 6 heteroatoms. The highest BCUT2D eigenvalue weighted by Gasteiger charge is 2.30. The van der Waals surface area contributed by atoms with Crippen LogP contribution in [0.3, 0.4) is 0 Å². The Morgan fingerprint density at radius 1 is 1.25 bits per heavy atom. The predicted octanol–water partition coefficient (Wildman–Crippen LogP) is 1.19. The number of likely N-dealkylation sites (N-methyl/N-ethyl adjacent to an activating group) is 1. The fourth-order valence-electron chi connectivity index (χ4n) is 3.13. The molecule has 0 aromatic carbocycles. The van der Waals surface area contributed by atoms with Gasteiger partial charge in [-0.25, -0.2) is 0 Å². The summed E-state index contributed by atoms with van der Waals surface area (Å²) in [6.07, 6.45) is 4.92. The van der Waals surface area contributed by atoms with Gasteiger partial charge in [0.15, 0.2) is 11.5 Å². The third kappa shape index (κ3) is 1.95. The molecule has 1 saturated heterocycles. The molecule has 2 aliphatic rings. The molecule has 1 unspecified atom stereocenters. The summed E-state index contributed by atoms with van der Waals surface area (Å²) in [4.78, 5) is 2.41. The van der Waals surface area contributed by atoms with Crippen molar-refractivity contribution in [2.75, 3.05) is 25.0 Å². The van der Waals surface area contributed by atoms with E-state index >= 15 is 0 Å². The zero-order chi connectivity index (χ0) is 13.5. The van der Waals surface area contributed by atoms with Gasteiger partial charge in [-0.1, -0.05) is 0 Å². The van der Waals surface area contributed by atoms with Gasteiger partial charge in [0.1, 0.15) is 5.82 Å². The molecule has 2 aromatic rings. The standard InChI is InChI=1S/C14H20N6/c1-15-9-11-3-2-8-19(11)13-7-6-12-16-17-14(10-4-5-10)20(12)18-13/h6-7,10-11,15H,2-5,8-9H2,1H3. The molecule has 1 N–H and O–H groups in total. The van der Waals surface area contributed by atoms with E-state index in [9.17, 15) is 0 Å². The Kier molecular flexibility index (Phi) is 2.84. The number of nitrogens with one attached hydrogen (secondary N) is 1. The number of nitrogens with zero attached hydrogens (tertiary/aromatic N) is 5. The van der Waals surface area contributed by atoms with E-state index in [1.54, 1.807) is 0 Å². The van der Waals surface area contributed by atoms with Crippen LogP contribution in [-0.2, 0) is 0 Å². The van der Waals surface area contributed by atoms with Crippen LogP contribution in [0.1, 0.15) is 37.4 Å². The molecule has 1 atom stereocenters. The quantitative estimate of drug-likeness (QED) is 0.906. The molecule has 3 heterocycles. The molecule has 0 amide bonds. The lowest BCUT2D eigenvalue weighted by molar-refractivity contribution is 0.607. The van der Waals surface area contributed by atoms with Crippen LogP contribution in [0.25, 0.3) is 5.65 Å². The monoisotopic (exact) mass is 272 g/mol. The molecule has 6 nitrogen and oxygen atoms in total. The van der Waals surface area contributed by atoms with E-state index in [0.29, 0.717) is 12.0 Å². The minimum atomic E-state index is 0.547. The Labute approximate surface area is 118 Å². The highest BCUT2D eigenvalue weighted by atomic mass is 15.4. The normalized spacial score (nSPS) is 22.9. The smallest absolute Gasteiger partial charge is 0.178 e. The zero-order valence-electron chi connectivity index (χ0n) is 11.8. The highest BCUT2D eigenvalue weighted by Crippen LogP contribution is 2.38. The van der Waals surface area contributed by atoms with Crippen molar-refractivity contribution in [1.29, 1.82) is 0 Å². The maximum absolute atomic E-state index is 4.80. The van der Waals surface area contributed by atoms with Crippen molar-refractivity contribution in [1.82, 2.24) is 25.1 Å². The van der Waals surface area contributed by atoms with Crippen LogP contribution in [0.2, 0.25) is 0 Å². The van der Waals surface area contributed by atoms with E-state index in [2.05, 4.69) is 26.5 Å². The van der Waals surface area contributed by atoms with E-state index in [1.165, 1.54) is 25.7 Å². The topological polar surface area (TPSA) is 58.3 Å². The van der Waals surface area contributed by atoms with Crippen molar-refractivity contribution in [3.63, 3.8) is 0 Å². The van der Waals surface area contributed by atoms with Crippen molar-refractivity contribution in [3.05, 3.63) is 18.0 Å². The average Bonchev–Trinajstić information content (AvgIpc) is 3.06. The van der Waals surface area contributed by atoms with Gasteiger partial charge in [0.25, 0.3) is 0 Å². The fourth-order valence-corrected chi connectivity index (χ4v) is 3.13. The summed E-state index contributed by atoms with van der Waals surface area (Å²) < 4.78 is 1.95. The van der Waals surface area contributed by atoms with Gasteiger partial charge < -0.3 is 10.2 Å². The van der Waals surface area contributed by atoms with Gasteiger partial charge in [-0.05, 0) is 44.9 Å². The number of fused-ring (bicyclic) bond motifs is 1. The van der Waals surface area contributed by atoms with E-state index in [0.717, 1.165) is 30.4 Å².